The first kappa shape index (κ1) is 30.6. The molecule has 1 heterocycles. The number of phenols is 1. The second kappa shape index (κ2) is 12.8. The van der Waals surface area contributed by atoms with Gasteiger partial charge in [0.15, 0.2) is 0 Å². The predicted octanol–water partition coefficient (Wildman–Crippen LogP) is 8.18. The van der Waals surface area contributed by atoms with Crippen molar-refractivity contribution in [1.29, 1.82) is 0 Å². The summed E-state index contributed by atoms with van der Waals surface area (Å²) in [6.07, 6.45) is 1.80. The maximum atomic E-state index is 13.2. The first-order valence-corrected chi connectivity index (χ1v) is 15.7. The van der Waals surface area contributed by atoms with E-state index in [4.69, 9.17) is 0 Å². The van der Waals surface area contributed by atoms with Crippen molar-refractivity contribution in [3.63, 3.8) is 0 Å². The number of nitrogens with one attached hydrogen (secondary N) is 1. The van der Waals surface area contributed by atoms with Crippen molar-refractivity contribution in [3.8, 4) is 16.9 Å². The lowest BCUT2D eigenvalue weighted by molar-refractivity contribution is -0.121. The van der Waals surface area contributed by atoms with Gasteiger partial charge in [0.25, 0.3) is 0 Å². The molecule has 0 aromatic heterocycles. The Balaban J connectivity index is 1.35. The number of hydrogen-bond donors (Lipinski definition) is 3. The van der Waals surface area contributed by atoms with Crippen LogP contribution in [0.4, 0.5) is 0 Å². The SMILES string of the molecule is Cc1cc(-c2ccc(C(C)(C)C)cc2CCC(=O)NN=C2CC(c3ccccc3)SC(O)(c3ccccc3)C2)ccc1O. The molecular formula is C37H40N2O3S. The molecular weight excluding hydrogens is 552 g/mol. The van der Waals surface area contributed by atoms with E-state index in [1.807, 2.05) is 67.6 Å². The topological polar surface area (TPSA) is 81.9 Å². The number of thioether (sulfide) groups is 1. The first-order valence-electron chi connectivity index (χ1n) is 14.8. The van der Waals surface area contributed by atoms with Gasteiger partial charge in [-0.25, -0.2) is 5.43 Å². The highest BCUT2D eigenvalue weighted by molar-refractivity contribution is 8.00. The van der Waals surface area contributed by atoms with Gasteiger partial charge in [0.05, 0.1) is 0 Å². The molecule has 5 rings (SSSR count). The molecule has 0 radical (unpaired) electrons. The summed E-state index contributed by atoms with van der Waals surface area (Å²) in [4.78, 5) is 12.0. The smallest absolute Gasteiger partial charge is 0.240 e. The van der Waals surface area contributed by atoms with Crippen molar-refractivity contribution in [2.45, 2.75) is 69.0 Å². The summed E-state index contributed by atoms with van der Waals surface area (Å²) in [6, 6.07) is 31.9. The molecule has 2 atom stereocenters. The predicted molar refractivity (Wildman–Crippen MR) is 177 cm³/mol. The number of nitrogens with zero attached hydrogens (tertiary/aromatic N) is 1. The van der Waals surface area contributed by atoms with Crippen molar-refractivity contribution in [2.75, 3.05) is 0 Å². The van der Waals surface area contributed by atoms with Crippen LogP contribution in [0.15, 0.2) is 102 Å². The van der Waals surface area contributed by atoms with Gasteiger partial charge in [0.2, 0.25) is 5.91 Å². The van der Waals surface area contributed by atoms with Crippen LogP contribution in [0.3, 0.4) is 0 Å². The normalized spacial score (nSPS) is 19.7. The Labute approximate surface area is 259 Å². The Morgan fingerprint density at radius 2 is 1.67 bits per heavy atom. The number of rotatable bonds is 7. The highest BCUT2D eigenvalue weighted by atomic mass is 32.2. The average molecular weight is 593 g/mol. The summed E-state index contributed by atoms with van der Waals surface area (Å²) in [7, 11) is 0. The second-order valence-electron chi connectivity index (χ2n) is 12.4. The molecule has 222 valence electrons. The number of hydrazone groups is 1. The zero-order valence-electron chi connectivity index (χ0n) is 25.3. The zero-order chi connectivity index (χ0) is 30.6. The van der Waals surface area contributed by atoms with Crippen LogP contribution in [0, 0.1) is 6.92 Å². The fourth-order valence-corrected chi connectivity index (χ4v) is 7.07. The average Bonchev–Trinajstić information content (AvgIpc) is 3.00. The molecule has 0 bridgehead atoms. The number of amides is 1. The van der Waals surface area contributed by atoms with E-state index in [-0.39, 0.29) is 28.7 Å². The summed E-state index contributed by atoms with van der Waals surface area (Å²) in [6.45, 7) is 8.43. The molecule has 2 unspecified atom stereocenters. The monoisotopic (exact) mass is 592 g/mol. The standard InChI is InChI=1S/C37H40N2O3S/c1-25-21-27(15-19-33(25)40)32-18-17-30(36(2,3)4)22-28(32)16-20-35(41)39-38-31-23-34(26-11-7-5-8-12-26)43-37(42,24-31)29-13-9-6-10-14-29/h5-15,17-19,21-22,34,40,42H,16,20,23-24H2,1-4H3,(H,39,41). The summed E-state index contributed by atoms with van der Waals surface area (Å²) >= 11 is 1.54. The van der Waals surface area contributed by atoms with E-state index in [1.165, 1.54) is 17.3 Å². The minimum Gasteiger partial charge on any atom is -0.508 e. The van der Waals surface area contributed by atoms with Crippen molar-refractivity contribution in [3.05, 3.63) is 125 Å². The van der Waals surface area contributed by atoms with Gasteiger partial charge >= 0.3 is 0 Å². The lowest BCUT2D eigenvalue weighted by atomic mass is 9.83. The van der Waals surface area contributed by atoms with Gasteiger partial charge in [-0.1, -0.05) is 106 Å². The van der Waals surface area contributed by atoms with E-state index in [2.05, 4.69) is 61.6 Å². The van der Waals surface area contributed by atoms with Crippen LogP contribution in [0.1, 0.15) is 73.1 Å². The second-order valence-corrected chi connectivity index (χ2v) is 13.9. The Hall–Kier alpha value is -3.87. The van der Waals surface area contributed by atoms with Crippen molar-refractivity contribution in [2.24, 2.45) is 5.10 Å². The fraction of sp³-hybridized carbons (Fsp3) is 0.297. The molecule has 4 aromatic carbocycles. The summed E-state index contributed by atoms with van der Waals surface area (Å²) in [5.74, 6) is 0.101. The third-order valence-corrected chi connectivity index (χ3v) is 9.53. The van der Waals surface area contributed by atoms with E-state index in [0.29, 0.717) is 19.3 Å². The fourth-order valence-electron chi connectivity index (χ4n) is 5.51. The van der Waals surface area contributed by atoms with Crippen LogP contribution in [-0.4, -0.2) is 21.8 Å². The molecule has 1 amide bonds. The minimum absolute atomic E-state index is 0.00673. The first-order chi connectivity index (χ1) is 20.5. The van der Waals surface area contributed by atoms with Gasteiger partial charge in [-0.05, 0) is 69.8 Å². The number of hydrogen-bond acceptors (Lipinski definition) is 5. The summed E-state index contributed by atoms with van der Waals surface area (Å²) in [5, 5.41) is 26.4. The molecule has 5 nitrogen and oxygen atoms in total. The summed E-state index contributed by atoms with van der Waals surface area (Å²) < 4.78 is 0. The molecule has 6 heteroatoms. The van der Waals surface area contributed by atoms with Crippen LogP contribution in [0.25, 0.3) is 11.1 Å². The molecule has 1 fully saturated rings. The molecule has 1 aliphatic heterocycles. The number of phenolic OH excluding ortho intramolecular Hbond substituents is 1. The number of aromatic hydroxyl groups is 1. The Morgan fingerprint density at radius 1 is 0.977 bits per heavy atom. The van der Waals surface area contributed by atoms with Crippen LogP contribution in [-0.2, 0) is 21.6 Å². The Bertz CT molecular complexity index is 1610. The number of carbonyl (C=O) groups excluding carboxylic acids is 1. The third kappa shape index (κ3) is 7.38. The van der Waals surface area contributed by atoms with Crippen molar-refractivity contribution >= 4 is 23.4 Å². The van der Waals surface area contributed by atoms with Gasteiger partial charge in [0, 0.05) is 30.2 Å². The molecule has 0 aliphatic carbocycles. The highest BCUT2D eigenvalue weighted by Gasteiger charge is 2.40. The zero-order valence-corrected chi connectivity index (χ0v) is 26.1. The molecule has 43 heavy (non-hydrogen) atoms. The quantitative estimate of drug-likeness (QED) is 0.189. The largest absolute Gasteiger partial charge is 0.508 e. The van der Waals surface area contributed by atoms with Crippen LogP contribution >= 0.6 is 11.8 Å². The Kier molecular flexibility index (Phi) is 9.09. The molecule has 0 spiro atoms. The summed E-state index contributed by atoms with van der Waals surface area (Å²) in [5.41, 5.74) is 10.6. The van der Waals surface area contributed by atoms with E-state index in [0.717, 1.165) is 39.1 Å². The van der Waals surface area contributed by atoms with Gasteiger partial charge < -0.3 is 10.2 Å². The third-order valence-electron chi connectivity index (χ3n) is 8.04. The van der Waals surface area contributed by atoms with Crippen molar-refractivity contribution < 1.29 is 15.0 Å². The molecule has 1 saturated heterocycles. The maximum absolute atomic E-state index is 13.2. The lowest BCUT2D eigenvalue weighted by Gasteiger charge is -2.37. The van der Waals surface area contributed by atoms with E-state index < -0.39 is 4.93 Å². The minimum atomic E-state index is -1.14. The van der Waals surface area contributed by atoms with Crippen LogP contribution in [0.5, 0.6) is 5.75 Å². The van der Waals surface area contributed by atoms with Crippen LogP contribution < -0.4 is 5.43 Å². The van der Waals surface area contributed by atoms with Gasteiger partial charge in [0.1, 0.15) is 10.7 Å². The van der Waals surface area contributed by atoms with Gasteiger partial charge in [-0.3, -0.25) is 4.79 Å². The van der Waals surface area contributed by atoms with Gasteiger partial charge in [-0.2, -0.15) is 5.10 Å². The van der Waals surface area contributed by atoms with E-state index in [1.54, 1.807) is 6.07 Å². The molecule has 1 aliphatic rings. The molecule has 0 saturated carbocycles. The van der Waals surface area contributed by atoms with Crippen LogP contribution in [0.2, 0.25) is 0 Å². The number of aryl methyl sites for hydroxylation is 2. The van der Waals surface area contributed by atoms with Crippen molar-refractivity contribution in [1.82, 2.24) is 5.43 Å². The molecule has 3 N–H and O–H groups in total. The number of aliphatic hydroxyl groups is 1. The van der Waals surface area contributed by atoms with E-state index >= 15 is 0 Å². The number of carbonyl (C=O) groups is 1. The Morgan fingerprint density at radius 3 is 2.35 bits per heavy atom. The number of benzene rings is 4. The molecule has 4 aromatic rings. The van der Waals surface area contributed by atoms with Gasteiger partial charge in [-0.15, -0.1) is 11.8 Å². The lowest BCUT2D eigenvalue weighted by Crippen LogP contribution is -2.33. The highest BCUT2D eigenvalue weighted by Crippen LogP contribution is 2.51. The van der Waals surface area contributed by atoms with E-state index in [9.17, 15) is 15.0 Å². The maximum Gasteiger partial charge on any atom is 0.240 e.